The molecule has 0 spiro atoms. The van der Waals surface area contributed by atoms with Crippen LogP contribution in [0.15, 0.2) is 42.2 Å². The van der Waals surface area contributed by atoms with E-state index in [2.05, 4.69) is 38.1 Å². The smallest absolute Gasteiger partial charge is 0.0913 e. The topological polar surface area (TPSA) is 9.23 Å². The van der Waals surface area contributed by atoms with Crippen LogP contribution < -0.4 is 0 Å². The SMILES string of the molecule is CCCC(C)=COCCc1ccccc1. The van der Waals surface area contributed by atoms with Gasteiger partial charge in [-0.05, 0) is 24.5 Å². The highest BCUT2D eigenvalue weighted by Gasteiger charge is 1.91. The van der Waals surface area contributed by atoms with Gasteiger partial charge in [0.2, 0.25) is 0 Å². The van der Waals surface area contributed by atoms with Crippen molar-refractivity contribution in [3.63, 3.8) is 0 Å². The van der Waals surface area contributed by atoms with E-state index in [1.165, 1.54) is 17.6 Å². The van der Waals surface area contributed by atoms with Gasteiger partial charge in [0.05, 0.1) is 12.9 Å². The molecule has 0 amide bonds. The molecule has 1 rings (SSSR count). The van der Waals surface area contributed by atoms with Gasteiger partial charge in [-0.15, -0.1) is 0 Å². The molecule has 0 unspecified atom stereocenters. The minimum atomic E-state index is 0.769. The van der Waals surface area contributed by atoms with E-state index in [0.717, 1.165) is 19.4 Å². The highest BCUT2D eigenvalue weighted by Crippen LogP contribution is 2.04. The van der Waals surface area contributed by atoms with Crippen LogP contribution in [0.4, 0.5) is 0 Å². The molecule has 0 bridgehead atoms. The highest BCUT2D eigenvalue weighted by molar-refractivity contribution is 5.14. The largest absolute Gasteiger partial charge is 0.501 e. The molecule has 0 N–H and O–H groups in total. The lowest BCUT2D eigenvalue weighted by atomic mass is 10.2. The van der Waals surface area contributed by atoms with Gasteiger partial charge in [-0.25, -0.2) is 0 Å². The molecule has 0 aliphatic heterocycles. The molecule has 1 heteroatoms. The van der Waals surface area contributed by atoms with Crippen molar-refractivity contribution in [2.45, 2.75) is 33.1 Å². The summed E-state index contributed by atoms with van der Waals surface area (Å²) >= 11 is 0. The zero-order valence-corrected chi connectivity index (χ0v) is 9.70. The van der Waals surface area contributed by atoms with Crippen molar-refractivity contribution in [2.24, 2.45) is 0 Å². The van der Waals surface area contributed by atoms with Crippen molar-refractivity contribution in [1.82, 2.24) is 0 Å². The van der Waals surface area contributed by atoms with Crippen LogP contribution in [-0.4, -0.2) is 6.61 Å². The fraction of sp³-hybridized carbons (Fsp3) is 0.429. The molecule has 0 saturated heterocycles. The van der Waals surface area contributed by atoms with Crippen LogP contribution in [-0.2, 0) is 11.2 Å². The Morgan fingerprint density at radius 1 is 1.27 bits per heavy atom. The molecule has 0 aliphatic carbocycles. The molecule has 0 aliphatic rings. The standard InChI is InChI=1S/C14H20O/c1-3-7-13(2)12-15-11-10-14-8-5-4-6-9-14/h4-6,8-9,12H,3,7,10-11H2,1-2H3. The Morgan fingerprint density at radius 3 is 2.67 bits per heavy atom. The predicted molar refractivity (Wildman–Crippen MR) is 64.8 cm³/mol. The lowest BCUT2D eigenvalue weighted by Crippen LogP contribution is -1.94. The Kier molecular flexibility index (Phi) is 5.60. The Morgan fingerprint density at radius 2 is 2.00 bits per heavy atom. The average molecular weight is 204 g/mol. The van der Waals surface area contributed by atoms with Crippen LogP contribution >= 0.6 is 0 Å². The lowest BCUT2D eigenvalue weighted by Gasteiger charge is -2.03. The predicted octanol–water partition coefficient (Wildman–Crippen LogP) is 3.95. The second-order valence-electron chi connectivity index (χ2n) is 3.82. The molecule has 0 radical (unpaired) electrons. The second kappa shape index (κ2) is 7.10. The molecule has 1 aromatic carbocycles. The van der Waals surface area contributed by atoms with Crippen molar-refractivity contribution in [3.8, 4) is 0 Å². The molecule has 15 heavy (non-hydrogen) atoms. The van der Waals surface area contributed by atoms with E-state index in [1.807, 2.05) is 12.3 Å². The van der Waals surface area contributed by atoms with Gasteiger partial charge in [-0.1, -0.05) is 43.7 Å². The summed E-state index contributed by atoms with van der Waals surface area (Å²) in [6.07, 6.45) is 5.19. The van der Waals surface area contributed by atoms with E-state index in [9.17, 15) is 0 Å². The number of benzene rings is 1. The molecular weight excluding hydrogens is 184 g/mol. The molecule has 1 nitrogen and oxygen atoms in total. The summed E-state index contributed by atoms with van der Waals surface area (Å²) in [5.41, 5.74) is 2.66. The molecule has 0 saturated carbocycles. The summed E-state index contributed by atoms with van der Waals surface area (Å²) in [5.74, 6) is 0. The Balaban J connectivity index is 2.20. The quantitative estimate of drug-likeness (QED) is 0.503. The first-order valence-electron chi connectivity index (χ1n) is 5.64. The summed E-state index contributed by atoms with van der Waals surface area (Å²) in [4.78, 5) is 0. The average Bonchev–Trinajstić information content (AvgIpc) is 2.26. The number of ether oxygens (including phenoxy) is 1. The first-order chi connectivity index (χ1) is 7.33. The van der Waals surface area contributed by atoms with Crippen molar-refractivity contribution in [3.05, 3.63) is 47.7 Å². The molecule has 0 aromatic heterocycles. The van der Waals surface area contributed by atoms with E-state index in [4.69, 9.17) is 4.74 Å². The van der Waals surface area contributed by atoms with Gasteiger partial charge >= 0.3 is 0 Å². The maximum Gasteiger partial charge on any atom is 0.0913 e. The minimum absolute atomic E-state index is 0.769. The normalized spacial score (nSPS) is 11.5. The number of allylic oxidation sites excluding steroid dienone is 1. The first-order valence-corrected chi connectivity index (χ1v) is 5.64. The van der Waals surface area contributed by atoms with Crippen LogP contribution in [0.5, 0.6) is 0 Å². The van der Waals surface area contributed by atoms with E-state index >= 15 is 0 Å². The summed E-state index contributed by atoms with van der Waals surface area (Å²) in [5, 5.41) is 0. The maximum atomic E-state index is 5.49. The Labute approximate surface area is 92.8 Å². The number of hydrogen-bond donors (Lipinski definition) is 0. The molecule has 0 heterocycles. The van der Waals surface area contributed by atoms with Crippen LogP contribution in [0.2, 0.25) is 0 Å². The van der Waals surface area contributed by atoms with Crippen molar-refractivity contribution in [2.75, 3.05) is 6.61 Å². The van der Waals surface area contributed by atoms with Gasteiger partial charge in [-0.2, -0.15) is 0 Å². The molecule has 0 atom stereocenters. The van der Waals surface area contributed by atoms with Gasteiger partial charge in [0.25, 0.3) is 0 Å². The lowest BCUT2D eigenvalue weighted by molar-refractivity contribution is 0.250. The van der Waals surface area contributed by atoms with Gasteiger partial charge in [0.15, 0.2) is 0 Å². The van der Waals surface area contributed by atoms with Crippen molar-refractivity contribution in [1.29, 1.82) is 0 Å². The van der Waals surface area contributed by atoms with Gasteiger partial charge in [0, 0.05) is 6.42 Å². The maximum absolute atomic E-state index is 5.49. The van der Waals surface area contributed by atoms with Crippen LogP contribution in [0.1, 0.15) is 32.3 Å². The van der Waals surface area contributed by atoms with Gasteiger partial charge in [-0.3, -0.25) is 0 Å². The van der Waals surface area contributed by atoms with E-state index in [0.29, 0.717) is 0 Å². The van der Waals surface area contributed by atoms with Crippen LogP contribution in [0.25, 0.3) is 0 Å². The van der Waals surface area contributed by atoms with Crippen molar-refractivity contribution < 1.29 is 4.74 Å². The summed E-state index contributed by atoms with van der Waals surface area (Å²) in [6, 6.07) is 10.4. The third-order valence-electron chi connectivity index (χ3n) is 2.28. The third kappa shape index (κ3) is 5.26. The van der Waals surface area contributed by atoms with Crippen LogP contribution in [0, 0.1) is 0 Å². The number of hydrogen-bond acceptors (Lipinski definition) is 1. The summed E-state index contributed by atoms with van der Waals surface area (Å²) in [6.45, 7) is 5.07. The first kappa shape index (κ1) is 11.8. The zero-order valence-electron chi connectivity index (χ0n) is 9.70. The van der Waals surface area contributed by atoms with Crippen LogP contribution in [0.3, 0.4) is 0 Å². The van der Waals surface area contributed by atoms with E-state index in [1.54, 1.807) is 0 Å². The molecule has 1 aromatic rings. The zero-order chi connectivity index (χ0) is 10.9. The van der Waals surface area contributed by atoms with Gasteiger partial charge in [0.1, 0.15) is 0 Å². The molecule has 0 fully saturated rings. The Hall–Kier alpha value is -1.24. The summed E-state index contributed by atoms with van der Waals surface area (Å²) in [7, 11) is 0. The molecular formula is C14H20O. The monoisotopic (exact) mass is 204 g/mol. The van der Waals surface area contributed by atoms with E-state index in [-0.39, 0.29) is 0 Å². The van der Waals surface area contributed by atoms with Gasteiger partial charge < -0.3 is 4.74 Å². The summed E-state index contributed by atoms with van der Waals surface area (Å²) < 4.78 is 5.49. The minimum Gasteiger partial charge on any atom is -0.501 e. The van der Waals surface area contributed by atoms with Crippen molar-refractivity contribution >= 4 is 0 Å². The highest BCUT2D eigenvalue weighted by atomic mass is 16.5. The second-order valence-corrected chi connectivity index (χ2v) is 3.82. The third-order valence-corrected chi connectivity index (χ3v) is 2.28. The molecule has 82 valence electrons. The fourth-order valence-electron chi connectivity index (χ4n) is 1.48. The fourth-order valence-corrected chi connectivity index (χ4v) is 1.48. The van der Waals surface area contributed by atoms with E-state index < -0.39 is 0 Å². The Bertz CT molecular complexity index is 287. The number of rotatable bonds is 6.